The molecule has 0 aromatic heterocycles. The second kappa shape index (κ2) is 16.6. The molecule has 2 heteroatoms. The maximum atomic E-state index is 10.3. The third-order valence-corrected chi connectivity index (χ3v) is 4.16. The highest BCUT2D eigenvalue weighted by molar-refractivity contribution is 5.79. The van der Waals surface area contributed by atoms with Gasteiger partial charge < -0.3 is 5.11 Å². The van der Waals surface area contributed by atoms with Gasteiger partial charge in [-0.15, -0.1) is 0 Å². The van der Waals surface area contributed by atoms with Crippen LogP contribution in [-0.2, 0) is 4.79 Å². The van der Waals surface area contributed by atoms with E-state index >= 15 is 0 Å². The molecule has 0 amide bonds. The van der Waals surface area contributed by atoms with Crippen molar-refractivity contribution in [3.05, 3.63) is 12.2 Å². The average molecular weight is 311 g/mol. The lowest BCUT2D eigenvalue weighted by molar-refractivity contribution is -0.131. The van der Waals surface area contributed by atoms with Crippen molar-refractivity contribution in [2.75, 3.05) is 0 Å². The van der Waals surface area contributed by atoms with Crippen LogP contribution < -0.4 is 0 Å². The van der Waals surface area contributed by atoms with Crippen molar-refractivity contribution in [3.63, 3.8) is 0 Å². The number of carboxylic acids is 1. The van der Waals surface area contributed by atoms with Gasteiger partial charge in [0.2, 0.25) is 0 Å². The Balaban J connectivity index is 3.04. The number of allylic oxidation sites excluding steroid dienone is 1. The molecular weight excluding hydrogens is 272 g/mol. The molecule has 0 aliphatic carbocycles. The molecule has 0 saturated heterocycles. The van der Waals surface area contributed by atoms with Crippen LogP contribution in [0.3, 0.4) is 0 Å². The van der Waals surface area contributed by atoms with Crippen molar-refractivity contribution < 1.29 is 9.90 Å². The van der Waals surface area contributed by atoms with Crippen LogP contribution >= 0.6 is 0 Å². The number of rotatable bonds is 16. The molecule has 0 fully saturated rings. The van der Waals surface area contributed by atoms with E-state index in [-0.39, 0.29) is 0 Å². The maximum absolute atomic E-state index is 10.3. The van der Waals surface area contributed by atoms with Crippen LogP contribution in [-0.4, -0.2) is 11.1 Å². The van der Waals surface area contributed by atoms with E-state index in [0.29, 0.717) is 0 Å². The quantitative estimate of drug-likeness (QED) is 0.253. The minimum absolute atomic E-state index is 0.833. The third-order valence-electron chi connectivity index (χ3n) is 4.16. The first-order valence-electron chi connectivity index (χ1n) is 9.52. The Bertz CT molecular complexity index is 269. The molecule has 0 aromatic rings. The minimum atomic E-state index is -0.833. The smallest absolute Gasteiger partial charge is 0.327 e. The summed E-state index contributed by atoms with van der Waals surface area (Å²) in [6, 6.07) is 0. The first-order chi connectivity index (χ1) is 10.6. The highest BCUT2D eigenvalue weighted by atomic mass is 16.4. The van der Waals surface area contributed by atoms with Gasteiger partial charge in [0.15, 0.2) is 0 Å². The Labute approximate surface area is 138 Å². The summed E-state index contributed by atoms with van der Waals surface area (Å²) in [6.07, 6.45) is 21.6. The number of carbonyl (C=O) groups is 1. The zero-order valence-corrected chi connectivity index (χ0v) is 15.0. The fraction of sp³-hybridized carbons (Fsp3) is 0.850. The average Bonchev–Trinajstić information content (AvgIpc) is 2.46. The number of carboxylic acid groups (broad SMARTS) is 1. The van der Waals surface area contributed by atoms with Crippen LogP contribution in [0.5, 0.6) is 0 Å². The summed E-state index contributed by atoms with van der Waals surface area (Å²) in [7, 11) is 0. The second-order valence-electron chi connectivity index (χ2n) is 6.95. The molecular formula is C20H38O2. The lowest BCUT2D eigenvalue weighted by atomic mass is 10.0. The molecule has 0 saturated carbocycles. The van der Waals surface area contributed by atoms with E-state index in [1.54, 1.807) is 6.08 Å². The molecule has 22 heavy (non-hydrogen) atoms. The monoisotopic (exact) mass is 310 g/mol. The van der Waals surface area contributed by atoms with Gasteiger partial charge in [0.1, 0.15) is 0 Å². The zero-order valence-electron chi connectivity index (χ0n) is 15.0. The molecule has 1 N–H and O–H groups in total. The van der Waals surface area contributed by atoms with E-state index in [1.807, 2.05) is 0 Å². The van der Waals surface area contributed by atoms with Gasteiger partial charge in [-0.1, -0.05) is 97.0 Å². The summed E-state index contributed by atoms with van der Waals surface area (Å²) >= 11 is 0. The van der Waals surface area contributed by atoms with Gasteiger partial charge in [0.05, 0.1) is 0 Å². The number of hydrogen-bond acceptors (Lipinski definition) is 1. The van der Waals surface area contributed by atoms with Crippen molar-refractivity contribution in [3.8, 4) is 0 Å². The highest BCUT2D eigenvalue weighted by Crippen LogP contribution is 2.14. The Morgan fingerprint density at radius 3 is 1.59 bits per heavy atom. The largest absolute Gasteiger partial charge is 0.478 e. The lowest BCUT2D eigenvalue weighted by Crippen LogP contribution is -1.87. The molecule has 0 aliphatic rings. The highest BCUT2D eigenvalue weighted by Gasteiger charge is 1.95. The number of hydrogen-bond donors (Lipinski definition) is 1. The molecule has 0 atom stereocenters. The van der Waals surface area contributed by atoms with E-state index in [0.717, 1.165) is 18.8 Å². The molecule has 0 radical (unpaired) electrons. The third kappa shape index (κ3) is 19.2. The molecule has 0 spiro atoms. The first-order valence-corrected chi connectivity index (χ1v) is 9.52. The molecule has 2 nitrogen and oxygen atoms in total. The predicted octanol–water partition coefficient (Wildman–Crippen LogP) is 6.74. The molecule has 0 bridgehead atoms. The second-order valence-corrected chi connectivity index (χ2v) is 6.95. The van der Waals surface area contributed by atoms with Crippen LogP contribution in [0.1, 0.15) is 104 Å². The standard InChI is InChI=1S/C20H38O2/c1-19(2)17-15-13-11-9-7-5-3-4-6-8-10-12-14-16-18-20(21)22/h16,18-19H,3-15,17H2,1-2H3,(H,21,22). The fourth-order valence-corrected chi connectivity index (χ4v) is 2.77. The van der Waals surface area contributed by atoms with Crippen molar-refractivity contribution in [1.29, 1.82) is 0 Å². The van der Waals surface area contributed by atoms with Crippen LogP contribution in [0.25, 0.3) is 0 Å². The van der Waals surface area contributed by atoms with E-state index in [1.165, 1.54) is 83.1 Å². The number of aliphatic carboxylic acids is 1. The van der Waals surface area contributed by atoms with Crippen molar-refractivity contribution in [2.24, 2.45) is 5.92 Å². The summed E-state index contributed by atoms with van der Waals surface area (Å²) in [5.41, 5.74) is 0. The van der Waals surface area contributed by atoms with Crippen molar-refractivity contribution in [2.45, 2.75) is 104 Å². The van der Waals surface area contributed by atoms with E-state index in [2.05, 4.69) is 13.8 Å². The van der Waals surface area contributed by atoms with E-state index < -0.39 is 5.97 Å². The van der Waals surface area contributed by atoms with E-state index in [4.69, 9.17) is 5.11 Å². The predicted molar refractivity (Wildman–Crippen MR) is 96.3 cm³/mol. The molecule has 130 valence electrons. The van der Waals surface area contributed by atoms with Crippen LogP contribution in [0.15, 0.2) is 12.2 Å². The molecule has 0 aromatic carbocycles. The van der Waals surface area contributed by atoms with Crippen LogP contribution in [0, 0.1) is 5.92 Å². The Morgan fingerprint density at radius 2 is 1.18 bits per heavy atom. The SMILES string of the molecule is CC(C)CCCCCCCCCCCCCCC=CC(=O)O. The van der Waals surface area contributed by atoms with Gasteiger partial charge in [-0.05, 0) is 18.8 Å². The Kier molecular flexibility index (Phi) is 16.0. The first kappa shape index (κ1) is 21.2. The van der Waals surface area contributed by atoms with Crippen molar-refractivity contribution in [1.82, 2.24) is 0 Å². The summed E-state index contributed by atoms with van der Waals surface area (Å²) in [5.74, 6) is 0.0353. The summed E-state index contributed by atoms with van der Waals surface area (Å²) < 4.78 is 0. The van der Waals surface area contributed by atoms with Gasteiger partial charge in [-0.2, -0.15) is 0 Å². The molecule has 0 unspecified atom stereocenters. The van der Waals surface area contributed by atoms with Crippen LogP contribution in [0.2, 0.25) is 0 Å². The minimum Gasteiger partial charge on any atom is -0.478 e. The normalized spacial score (nSPS) is 11.6. The molecule has 0 aliphatic heterocycles. The van der Waals surface area contributed by atoms with E-state index in [9.17, 15) is 4.79 Å². The lowest BCUT2D eigenvalue weighted by Gasteiger charge is -2.04. The fourth-order valence-electron chi connectivity index (χ4n) is 2.77. The zero-order chi connectivity index (χ0) is 16.5. The topological polar surface area (TPSA) is 37.3 Å². The number of unbranched alkanes of at least 4 members (excludes halogenated alkanes) is 12. The van der Waals surface area contributed by atoms with Gasteiger partial charge in [-0.3, -0.25) is 0 Å². The van der Waals surface area contributed by atoms with Crippen LogP contribution in [0.4, 0.5) is 0 Å². The van der Waals surface area contributed by atoms with Crippen molar-refractivity contribution >= 4 is 5.97 Å². The van der Waals surface area contributed by atoms with Gasteiger partial charge in [-0.25, -0.2) is 4.79 Å². The summed E-state index contributed by atoms with van der Waals surface area (Å²) in [5, 5.41) is 8.45. The molecule has 0 heterocycles. The maximum Gasteiger partial charge on any atom is 0.327 e. The molecule has 0 rings (SSSR count). The van der Waals surface area contributed by atoms with Gasteiger partial charge >= 0.3 is 5.97 Å². The van der Waals surface area contributed by atoms with Gasteiger partial charge in [0, 0.05) is 6.08 Å². The Morgan fingerprint density at radius 1 is 0.773 bits per heavy atom. The summed E-state index contributed by atoms with van der Waals surface area (Å²) in [6.45, 7) is 4.62. The Hall–Kier alpha value is -0.790. The summed E-state index contributed by atoms with van der Waals surface area (Å²) in [4.78, 5) is 10.3. The van der Waals surface area contributed by atoms with Gasteiger partial charge in [0.25, 0.3) is 0 Å².